The molecule has 0 aromatic rings. The summed E-state index contributed by atoms with van der Waals surface area (Å²) in [6.45, 7) is 8.07. The fourth-order valence-corrected chi connectivity index (χ4v) is 7.31. The van der Waals surface area contributed by atoms with E-state index in [4.69, 9.17) is 0 Å². The van der Waals surface area contributed by atoms with E-state index in [1.54, 1.807) is 0 Å². The van der Waals surface area contributed by atoms with Crippen LogP contribution in [0.5, 0.6) is 0 Å². The maximum Gasteiger partial charge on any atom is 0.362 e. The molecule has 0 aliphatic rings. The molecular formula is C39H73NO6. The van der Waals surface area contributed by atoms with Crippen molar-refractivity contribution in [1.29, 1.82) is 0 Å². The molecule has 0 spiro atoms. The molecule has 270 valence electrons. The van der Waals surface area contributed by atoms with Gasteiger partial charge in [0, 0.05) is 19.3 Å². The fraction of sp³-hybridized carbons (Fsp3) is 0.872. The first kappa shape index (κ1) is 44.1. The topological polar surface area (TPSA) is 115 Å². The highest BCUT2D eigenvalue weighted by molar-refractivity contribution is 5.77. The van der Waals surface area contributed by atoms with E-state index in [0.29, 0.717) is 25.7 Å². The van der Waals surface area contributed by atoms with E-state index in [1.807, 2.05) is 20.8 Å². The maximum atomic E-state index is 12.6. The van der Waals surface area contributed by atoms with Crippen molar-refractivity contribution >= 4 is 17.9 Å². The lowest BCUT2D eigenvalue weighted by Gasteiger charge is -2.52. The third-order valence-electron chi connectivity index (χ3n) is 9.83. The van der Waals surface area contributed by atoms with Crippen molar-refractivity contribution in [2.24, 2.45) is 0 Å². The number of hydrogen-bond acceptors (Lipinski definition) is 4. The normalized spacial score (nSPS) is 15.0. The highest BCUT2D eigenvalue weighted by Crippen LogP contribution is 2.34. The molecule has 0 radical (unpaired) electrons. The van der Waals surface area contributed by atoms with Crippen LogP contribution in [0.3, 0.4) is 0 Å². The van der Waals surface area contributed by atoms with Crippen LogP contribution in [0.1, 0.15) is 195 Å². The van der Waals surface area contributed by atoms with Gasteiger partial charge in [0.25, 0.3) is 0 Å². The van der Waals surface area contributed by atoms with Crippen LogP contribution in [0, 0.1) is 0 Å². The third-order valence-corrected chi connectivity index (χ3v) is 9.83. The second kappa shape index (κ2) is 29.3. The van der Waals surface area contributed by atoms with Gasteiger partial charge in [0.15, 0.2) is 12.1 Å². The number of unbranched alkanes of at least 4 members (excludes halogenated alkanes) is 18. The Morgan fingerprint density at radius 1 is 0.500 bits per heavy atom. The Balaban J connectivity index is 4.56. The minimum absolute atomic E-state index is 0.209. The van der Waals surface area contributed by atoms with E-state index in [9.17, 15) is 29.7 Å². The molecule has 0 saturated heterocycles. The van der Waals surface area contributed by atoms with Crippen molar-refractivity contribution in [2.45, 2.75) is 213 Å². The van der Waals surface area contributed by atoms with E-state index in [2.05, 4.69) is 19.1 Å². The number of carbonyl (C=O) groups is 3. The van der Waals surface area contributed by atoms with Gasteiger partial charge in [-0.05, 0) is 44.9 Å². The van der Waals surface area contributed by atoms with Crippen LogP contribution in [0.2, 0.25) is 0 Å². The number of aliphatic carboxylic acids is 3. The number of nitrogens with zero attached hydrogens (tertiary/aromatic N) is 1. The summed E-state index contributed by atoms with van der Waals surface area (Å²) < 4.78 is -0.431. The van der Waals surface area contributed by atoms with E-state index >= 15 is 0 Å². The van der Waals surface area contributed by atoms with Gasteiger partial charge in [-0.3, -0.25) is 4.48 Å². The summed E-state index contributed by atoms with van der Waals surface area (Å²) in [6, 6.07) is -3.32. The Morgan fingerprint density at radius 2 is 0.826 bits per heavy atom. The van der Waals surface area contributed by atoms with E-state index in [0.717, 1.165) is 19.3 Å². The van der Waals surface area contributed by atoms with Crippen molar-refractivity contribution in [2.75, 3.05) is 6.54 Å². The Hall–Kier alpha value is -1.89. The van der Waals surface area contributed by atoms with Gasteiger partial charge in [0.05, 0.1) is 12.5 Å². The molecule has 46 heavy (non-hydrogen) atoms. The molecule has 0 bridgehead atoms. The zero-order chi connectivity index (χ0) is 34.5. The predicted molar refractivity (Wildman–Crippen MR) is 189 cm³/mol. The van der Waals surface area contributed by atoms with Crippen LogP contribution in [-0.4, -0.2) is 57.3 Å². The average molecular weight is 652 g/mol. The van der Waals surface area contributed by atoms with Gasteiger partial charge in [-0.25, -0.2) is 9.59 Å². The number of hydrogen-bond donors (Lipinski definition) is 2. The molecular weight excluding hydrogens is 578 g/mol. The molecule has 0 saturated carbocycles. The smallest absolute Gasteiger partial charge is 0.362 e. The lowest BCUT2D eigenvalue weighted by atomic mass is 9.91. The van der Waals surface area contributed by atoms with E-state index in [-0.39, 0.29) is 25.8 Å². The first-order valence-electron chi connectivity index (χ1n) is 19.4. The van der Waals surface area contributed by atoms with Gasteiger partial charge in [-0.1, -0.05) is 143 Å². The highest BCUT2D eigenvalue weighted by Gasteiger charge is 2.54. The molecule has 0 rings (SSSR count). The summed E-state index contributed by atoms with van der Waals surface area (Å²) in [5.74, 6) is -3.55. The largest absolute Gasteiger partial charge is 0.544 e. The summed E-state index contributed by atoms with van der Waals surface area (Å²) >= 11 is 0. The number of carbonyl (C=O) groups excluding carboxylic acids is 1. The Bertz CT molecular complexity index is 738. The second-order valence-electron chi connectivity index (χ2n) is 13.7. The molecule has 0 aromatic heterocycles. The van der Waals surface area contributed by atoms with Crippen molar-refractivity contribution in [3.05, 3.63) is 12.2 Å². The standard InChI is InChI=1S/C39H73NO6/c1-5-9-10-11-12-13-14-15-16-17-18-19-20-21-22-23-24-25-26-27-28-29-33-40(34(30-6-2)37(41)42,35(31-7-3)38(43)44)36(32-8-4)39(45)46/h11-12,34-36H,5-10,13-33H2,1-4H3,(H2-,41,42,43,44,45,46)/b12-11+. The van der Waals surface area contributed by atoms with Crippen molar-refractivity contribution in [1.82, 2.24) is 0 Å². The molecule has 0 fully saturated rings. The van der Waals surface area contributed by atoms with Gasteiger partial charge in [0.2, 0.25) is 0 Å². The van der Waals surface area contributed by atoms with Crippen molar-refractivity contribution in [3.63, 3.8) is 0 Å². The minimum atomic E-state index is -1.33. The summed E-state index contributed by atoms with van der Waals surface area (Å²) in [5, 5.41) is 33.1. The van der Waals surface area contributed by atoms with Crippen LogP contribution in [0.15, 0.2) is 12.2 Å². The Kier molecular flexibility index (Phi) is 28.1. The Morgan fingerprint density at radius 3 is 1.15 bits per heavy atom. The lowest BCUT2D eigenvalue weighted by Crippen LogP contribution is -2.74. The third kappa shape index (κ3) is 18.4. The van der Waals surface area contributed by atoms with Gasteiger partial charge >= 0.3 is 11.9 Å². The van der Waals surface area contributed by atoms with Crippen molar-refractivity contribution in [3.8, 4) is 0 Å². The summed E-state index contributed by atoms with van der Waals surface area (Å²) in [7, 11) is 0. The fourth-order valence-electron chi connectivity index (χ4n) is 7.31. The van der Waals surface area contributed by atoms with Gasteiger partial charge in [-0.2, -0.15) is 0 Å². The minimum Gasteiger partial charge on any atom is -0.544 e. The van der Waals surface area contributed by atoms with E-state index in [1.165, 1.54) is 103 Å². The molecule has 0 aliphatic carbocycles. The highest BCUT2D eigenvalue weighted by atomic mass is 16.4. The van der Waals surface area contributed by atoms with Gasteiger partial charge in [0.1, 0.15) is 6.04 Å². The molecule has 7 nitrogen and oxygen atoms in total. The molecule has 7 heteroatoms. The SMILES string of the molecule is CCCC/C=C/CCCCCCCCCCCCCCCCCC[N+](C(CCC)C(=O)[O-])(C(CCC)C(=O)O)C(CCC)C(=O)O. The predicted octanol–water partition coefficient (Wildman–Crippen LogP) is 9.61. The molecule has 3 unspecified atom stereocenters. The first-order chi connectivity index (χ1) is 22.2. The lowest BCUT2D eigenvalue weighted by molar-refractivity contribution is -0.975. The monoisotopic (exact) mass is 652 g/mol. The zero-order valence-electron chi connectivity index (χ0n) is 30.5. The first-order valence-corrected chi connectivity index (χ1v) is 19.4. The van der Waals surface area contributed by atoms with Crippen molar-refractivity contribution < 1.29 is 34.2 Å². The summed E-state index contributed by atoms with van der Waals surface area (Å²) in [4.78, 5) is 37.7. The second-order valence-corrected chi connectivity index (χ2v) is 13.7. The quantitative estimate of drug-likeness (QED) is 0.0407. The zero-order valence-corrected chi connectivity index (χ0v) is 30.5. The molecule has 0 aromatic carbocycles. The Labute approximate surface area is 283 Å². The van der Waals surface area contributed by atoms with Gasteiger partial charge in [-0.15, -0.1) is 0 Å². The van der Waals surface area contributed by atoms with Crippen LogP contribution in [-0.2, 0) is 14.4 Å². The number of carboxylic acids is 3. The number of rotatable bonds is 34. The molecule has 3 atom stereocenters. The average Bonchev–Trinajstić information content (AvgIpc) is 3.02. The maximum absolute atomic E-state index is 12.6. The summed E-state index contributed by atoms with van der Waals surface area (Å²) in [6.07, 6.45) is 31.4. The molecule has 0 aliphatic heterocycles. The molecule has 0 amide bonds. The summed E-state index contributed by atoms with van der Waals surface area (Å²) in [5.41, 5.74) is 0. The van der Waals surface area contributed by atoms with Crippen LogP contribution in [0.25, 0.3) is 0 Å². The van der Waals surface area contributed by atoms with E-state index < -0.39 is 40.5 Å². The van der Waals surface area contributed by atoms with Crippen LogP contribution in [0.4, 0.5) is 0 Å². The van der Waals surface area contributed by atoms with Crippen LogP contribution < -0.4 is 5.11 Å². The molecule has 2 N–H and O–H groups in total. The number of quaternary nitrogens is 1. The molecule has 0 heterocycles. The number of carboxylic acid groups (broad SMARTS) is 3. The van der Waals surface area contributed by atoms with Crippen LogP contribution >= 0.6 is 0 Å². The van der Waals surface area contributed by atoms with Gasteiger partial charge < -0.3 is 20.1 Å². The number of allylic oxidation sites excluding steroid dienone is 2.